The zero-order valence-corrected chi connectivity index (χ0v) is 14.2. The first kappa shape index (κ1) is 16.8. The second kappa shape index (κ2) is 7.14. The number of likely N-dealkylation sites (tertiary alicyclic amines) is 1. The van der Waals surface area contributed by atoms with Crippen molar-refractivity contribution < 1.29 is 9.59 Å². The molecule has 1 heterocycles. The van der Waals surface area contributed by atoms with Crippen LogP contribution in [0.15, 0.2) is 12.1 Å². The van der Waals surface area contributed by atoms with Crippen LogP contribution in [-0.4, -0.2) is 35.8 Å². The van der Waals surface area contributed by atoms with Gasteiger partial charge < -0.3 is 10.2 Å². The fourth-order valence-corrected chi connectivity index (χ4v) is 2.92. The molecule has 2 rings (SSSR count). The highest BCUT2D eigenvalue weighted by Crippen LogP contribution is 2.21. The minimum absolute atomic E-state index is 0.00132. The van der Waals surface area contributed by atoms with E-state index in [1.165, 1.54) is 0 Å². The number of hydrogen-bond acceptors (Lipinski definition) is 2. The third-order valence-electron chi connectivity index (χ3n) is 4.21. The number of nitrogens with zero attached hydrogens (tertiary/aromatic N) is 1. The predicted molar refractivity (Wildman–Crippen MR) is 88.3 cm³/mol. The zero-order valence-electron chi connectivity index (χ0n) is 13.4. The number of carbonyl (C=O) groups is 2. The van der Waals surface area contributed by atoms with E-state index in [0.29, 0.717) is 23.6 Å². The maximum atomic E-state index is 12.3. The fourth-order valence-electron chi connectivity index (χ4n) is 2.62. The Morgan fingerprint density at radius 3 is 2.68 bits per heavy atom. The molecule has 120 valence electrons. The summed E-state index contributed by atoms with van der Waals surface area (Å²) in [5, 5.41) is 3.44. The molecule has 1 saturated heterocycles. The van der Waals surface area contributed by atoms with Crippen LogP contribution < -0.4 is 5.32 Å². The molecular formula is C17H23ClN2O2. The number of halogens is 1. The van der Waals surface area contributed by atoms with Crippen molar-refractivity contribution in [2.75, 3.05) is 13.1 Å². The number of benzene rings is 1. The number of aryl methyl sites for hydroxylation is 2. The Bertz CT molecular complexity index is 586. The normalized spacial score (nSPS) is 16.0. The van der Waals surface area contributed by atoms with Gasteiger partial charge in [0.2, 0.25) is 5.91 Å². The molecule has 22 heavy (non-hydrogen) atoms. The van der Waals surface area contributed by atoms with E-state index >= 15 is 0 Å². The molecule has 1 aromatic carbocycles. The van der Waals surface area contributed by atoms with E-state index in [0.717, 1.165) is 30.5 Å². The number of carbonyl (C=O) groups excluding carboxylic acids is 2. The van der Waals surface area contributed by atoms with Gasteiger partial charge in [0.15, 0.2) is 0 Å². The van der Waals surface area contributed by atoms with E-state index in [9.17, 15) is 9.59 Å². The number of hydrogen-bond donors (Lipinski definition) is 1. The van der Waals surface area contributed by atoms with Crippen LogP contribution in [0.4, 0.5) is 0 Å². The van der Waals surface area contributed by atoms with Crippen molar-refractivity contribution in [3.8, 4) is 0 Å². The minimum atomic E-state index is -0.159. The van der Waals surface area contributed by atoms with Crippen LogP contribution in [0.2, 0.25) is 5.02 Å². The molecule has 0 spiro atoms. The summed E-state index contributed by atoms with van der Waals surface area (Å²) < 4.78 is 0. The third-order valence-corrected chi connectivity index (χ3v) is 4.52. The van der Waals surface area contributed by atoms with Gasteiger partial charge in [-0.25, -0.2) is 0 Å². The molecule has 0 aromatic heterocycles. The van der Waals surface area contributed by atoms with Crippen molar-refractivity contribution in [3.63, 3.8) is 0 Å². The topological polar surface area (TPSA) is 49.4 Å². The summed E-state index contributed by atoms with van der Waals surface area (Å²) in [6.45, 7) is 7.42. The predicted octanol–water partition coefficient (Wildman–Crippen LogP) is 3.09. The molecular weight excluding hydrogens is 300 g/mol. The lowest BCUT2D eigenvalue weighted by molar-refractivity contribution is -0.127. The summed E-state index contributed by atoms with van der Waals surface area (Å²) in [5.74, 6) is 0.0593. The monoisotopic (exact) mass is 322 g/mol. The average Bonchev–Trinajstić information content (AvgIpc) is 2.86. The Kier molecular flexibility index (Phi) is 5.46. The Labute approximate surface area is 136 Å². The number of nitrogens with one attached hydrogen (secondary N) is 1. The van der Waals surface area contributed by atoms with E-state index in [1.54, 1.807) is 0 Å². The van der Waals surface area contributed by atoms with Crippen LogP contribution in [0.25, 0.3) is 0 Å². The van der Waals surface area contributed by atoms with Gasteiger partial charge in [-0.3, -0.25) is 9.59 Å². The average molecular weight is 323 g/mol. The van der Waals surface area contributed by atoms with Gasteiger partial charge in [0.25, 0.3) is 5.91 Å². The van der Waals surface area contributed by atoms with Crippen LogP contribution >= 0.6 is 11.6 Å². The van der Waals surface area contributed by atoms with Crippen molar-refractivity contribution >= 4 is 23.4 Å². The van der Waals surface area contributed by atoms with Crippen molar-refractivity contribution in [2.24, 2.45) is 0 Å². The molecule has 1 N–H and O–H groups in total. The van der Waals surface area contributed by atoms with Crippen molar-refractivity contribution in [1.82, 2.24) is 10.2 Å². The number of rotatable bonds is 5. The summed E-state index contributed by atoms with van der Waals surface area (Å²) in [7, 11) is 0. The maximum Gasteiger partial charge on any atom is 0.253 e. The zero-order chi connectivity index (χ0) is 16.3. The molecule has 1 fully saturated rings. The van der Waals surface area contributed by atoms with Gasteiger partial charge in [0.1, 0.15) is 0 Å². The molecule has 1 aromatic rings. The van der Waals surface area contributed by atoms with Crippen LogP contribution in [-0.2, 0) is 4.79 Å². The van der Waals surface area contributed by atoms with Gasteiger partial charge in [-0.05, 0) is 56.9 Å². The van der Waals surface area contributed by atoms with E-state index < -0.39 is 0 Å². The fraction of sp³-hybridized carbons (Fsp3) is 0.529. The highest BCUT2D eigenvalue weighted by Gasteiger charge is 2.21. The second-order valence-electron chi connectivity index (χ2n) is 6.06. The summed E-state index contributed by atoms with van der Waals surface area (Å²) >= 11 is 6.17. The number of amides is 2. The summed E-state index contributed by atoms with van der Waals surface area (Å²) in [5.41, 5.74) is 2.63. The Morgan fingerprint density at radius 1 is 1.36 bits per heavy atom. The lowest BCUT2D eigenvalue weighted by atomic mass is 10.1. The highest BCUT2D eigenvalue weighted by molar-refractivity contribution is 6.34. The van der Waals surface area contributed by atoms with Gasteiger partial charge >= 0.3 is 0 Å². The molecule has 0 saturated carbocycles. The Morgan fingerprint density at radius 2 is 2.05 bits per heavy atom. The SMILES string of the molecule is Cc1cc(Cl)c(C(=O)N[C@@H](C)CCN2CCCC2=O)cc1C. The molecule has 0 aliphatic carbocycles. The Hall–Kier alpha value is -1.55. The van der Waals surface area contributed by atoms with Crippen LogP contribution in [0.1, 0.15) is 47.7 Å². The molecule has 1 atom stereocenters. The first-order chi connectivity index (χ1) is 10.4. The standard InChI is InChI=1S/C17H23ClN2O2/c1-11-9-14(15(18)10-12(11)2)17(22)19-13(3)6-8-20-7-4-5-16(20)21/h9-10,13H,4-8H2,1-3H3,(H,19,22)/t13-/m0/s1. The van der Waals surface area contributed by atoms with Gasteiger partial charge in [0.05, 0.1) is 10.6 Å². The molecule has 0 radical (unpaired) electrons. The summed E-state index contributed by atoms with van der Waals surface area (Å²) in [6.07, 6.45) is 2.34. The Balaban J connectivity index is 1.91. The molecule has 1 aliphatic rings. The van der Waals surface area contributed by atoms with Gasteiger partial charge in [-0.15, -0.1) is 0 Å². The first-order valence-electron chi connectivity index (χ1n) is 7.74. The summed E-state index contributed by atoms with van der Waals surface area (Å²) in [6, 6.07) is 3.64. The molecule has 0 unspecified atom stereocenters. The minimum Gasteiger partial charge on any atom is -0.349 e. The van der Waals surface area contributed by atoms with Crippen molar-refractivity contribution in [3.05, 3.63) is 33.8 Å². The quantitative estimate of drug-likeness (QED) is 0.905. The molecule has 4 nitrogen and oxygen atoms in total. The lowest BCUT2D eigenvalue weighted by Gasteiger charge is -2.20. The van der Waals surface area contributed by atoms with Crippen molar-refractivity contribution in [2.45, 2.75) is 46.1 Å². The van der Waals surface area contributed by atoms with E-state index in [4.69, 9.17) is 11.6 Å². The molecule has 0 bridgehead atoms. The van der Waals surface area contributed by atoms with Gasteiger partial charge in [-0.1, -0.05) is 11.6 Å². The van der Waals surface area contributed by atoms with E-state index in [2.05, 4.69) is 5.32 Å². The lowest BCUT2D eigenvalue weighted by Crippen LogP contribution is -2.36. The van der Waals surface area contributed by atoms with Crippen molar-refractivity contribution in [1.29, 1.82) is 0 Å². The highest BCUT2D eigenvalue weighted by atomic mass is 35.5. The van der Waals surface area contributed by atoms with Crippen LogP contribution in [0, 0.1) is 13.8 Å². The van der Waals surface area contributed by atoms with Gasteiger partial charge in [0, 0.05) is 25.6 Å². The van der Waals surface area contributed by atoms with E-state index in [-0.39, 0.29) is 17.9 Å². The molecule has 2 amide bonds. The summed E-state index contributed by atoms with van der Waals surface area (Å²) in [4.78, 5) is 25.8. The third kappa shape index (κ3) is 4.01. The van der Waals surface area contributed by atoms with E-state index in [1.807, 2.05) is 37.8 Å². The van der Waals surface area contributed by atoms with Gasteiger partial charge in [-0.2, -0.15) is 0 Å². The molecule has 5 heteroatoms. The first-order valence-corrected chi connectivity index (χ1v) is 8.11. The van der Waals surface area contributed by atoms with Crippen LogP contribution in [0.5, 0.6) is 0 Å². The second-order valence-corrected chi connectivity index (χ2v) is 6.47. The molecule has 1 aliphatic heterocycles. The van der Waals surface area contributed by atoms with Crippen LogP contribution in [0.3, 0.4) is 0 Å². The maximum absolute atomic E-state index is 12.3. The largest absolute Gasteiger partial charge is 0.349 e. The smallest absolute Gasteiger partial charge is 0.253 e.